The van der Waals surface area contributed by atoms with Crippen LogP contribution >= 0.6 is 11.5 Å². The lowest BCUT2D eigenvalue weighted by atomic mass is 10.3. The monoisotopic (exact) mass is 271 g/mol. The third kappa shape index (κ3) is 1.45. The summed E-state index contributed by atoms with van der Waals surface area (Å²) in [6.45, 7) is 0. The molecule has 0 aliphatic heterocycles. The van der Waals surface area contributed by atoms with E-state index in [0.29, 0.717) is 0 Å². The summed E-state index contributed by atoms with van der Waals surface area (Å²) in [6.07, 6.45) is 1.75. The van der Waals surface area contributed by atoms with Gasteiger partial charge >= 0.3 is 5.69 Å². The predicted molar refractivity (Wildman–Crippen MR) is 74.3 cm³/mol. The zero-order valence-corrected chi connectivity index (χ0v) is 10.8. The van der Waals surface area contributed by atoms with E-state index in [1.165, 1.54) is 11.5 Å². The Morgan fingerprint density at radius 1 is 1.26 bits per heavy atom. The minimum Gasteiger partial charge on any atom is -0.337 e. The van der Waals surface area contributed by atoms with Gasteiger partial charge in [0, 0.05) is 13.2 Å². The van der Waals surface area contributed by atoms with Gasteiger partial charge in [0.25, 0.3) is 0 Å². The predicted octanol–water partition coefficient (Wildman–Crippen LogP) is 1.87. The van der Waals surface area contributed by atoms with Crippen molar-refractivity contribution in [2.24, 2.45) is 7.05 Å². The summed E-state index contributed by atoms with van der Waals surface area (Å²) in [4.78, 5) is 23.2. The van der Waals surface area contributed by atoms with Crippen LogP contribution in [0.25, 0.3) is 32.8 Å². The highest BCUT2D eigenvalue weighted by atomic mass is 32.1. The lowest BCUT2D eigenvalue weighted by Crippen LogP contribution is -2.11. The van der Waals surface area contributed by atoms with Crippen molar-refractivity contribution in [3.63, 3.8) is 0 Å². The summed E-state index contributed by atoms with van der Waals surface area (Å²) in [5.74, 6) is 0.801. The molecule has 4 rings (SSSR count). The molecule has 0 fully saturated rings. The highest BCUT2D eigenvalue weighted by Gasteiger charge is 2.10. The minimum atomic E-state index is -0.120. The fourth-order valence-corrected chi connectivity index (χ4v) is 2.73. The molecule has 0 saturated carbocycles. The molecule has 1 aromatic carbocycles. The normalized spacial score (nSPS) is 11.6. The Kier molecular flexibility index (Phi) is 1.96. The van der Waals surface area contributed by atoms with Gasteiger partial charge in [0.05, 0.1) is 26.9 Å². The fourth-order valence-electron chi connectivity index (χ4n) is 2.19. The van der Waals surface area contributed by atoms with Gasteiger partial charge in [0.1, 0.15) is 5.82 Å². The first-order valence-corrected chi connectivity index (χ1v) is 6.49. The fraction of sp³-hybridized carbons (Fsp3) is 0.0833. The van der Waals surface area contributed by atoms with Crippen LogP contribution in [0.5, 0.6) is 0 Å². The lowest BCUT2D eigenvalue weighted by Gasteiger charge is -1.92. The van der Waals surface area contributed by atoms with E-state index in [9.17, 15) is 4.79 Å². The number of aryl methyl sites for hydroxylation is 1. The summed E-state index contributed by atoms with van der Waals surface area (Å²) >= 11 is 1.40. The van der Waals surface area contributed by atoms with Crippen LogP contribution in [0.4, 0.5) is 0 Å². The number of aromatic nitrogens is 5. The second-order valence-corrected chi connectivity index (χ2v) is 5.17. The number of hydrogen-bond donors (Lipinski definition) is 2. The van der Waals surface area contributed by atoms with E-state index in [-0.39, 0.29) is 5.69 Å². The second kappa shape index (κ2) is 3.55. The van der Waals surface area contributed by atoms with Gasteiger partial charge in [0.2, 0.25) is 0 Å². The van der Waals surface area contributed by atoms with Crippen LogP contribution < -0.4 is 5.69 Å². The van der Waals surface area contributed by atoms with Crippen LogP contribution in [0, 0.1) is 0 Å². The Balaban J connectivity index is 2.04. The van der Waals surface area contributed by atoms with Crippen LogP contribution in [0.2, 0.25) is 0 Å². The van der Waals surface area contributed by atoms with Gasteiger partial charge in [-0.15, -0.1) is 0 Å². The maximum Gasteiger partial charge on any atom is 0.326 e. The molecule has 0 bridgehead atoms. The van der Waals surface area contributed by atoms with Crippen molar-refractivity contribution in [3.05, 3.63) is 34.9 Å². The van der Waals surface area contributed by atoms with E-state index in [0.717, 1.165) is 32.8 Å². The Hall–Kier alpha value is -2.41. The summed E-state index contributed by atoms with van der Waals surface area (Å²) in [5, 5.41) is 0. The average molecular weight is 271 g/mol. The molecular formula is C12H9N5OS. The van der Waals surface area contributed by atoms with E-state index in [1.807, 2.05) is 18.2 Å². The van der Waals surface area contributed by atoms with Gasteiger partial charge in [-0.2, -0.15) is 0 Å². The standard InChI is InChI=1S/C12H9N5OS/c1-17-9-5-7-6(4-8(9)16-12(17)18)14-11(15-7)10-2-3-13-19-10/h2-5H,1H3,(H,14,15)(H,16,18). The third-order valence-electron chi connectivity index (χ3n) is 3.18. The SMILES string of the molecule is Cn1c(=O)[nH]c2cc3[nH]c(-c4ccns4)nc3cc21. The molecule has 19 heavy (non-hydrogen) atoms. The third-order valence-corrected chi connectivity index (χ3v) is 3.93. The van der Waals surface area contributed by atoms with Gasteiger partial charge < -0.3 is 9.97 Å². The molecule has 7 heteroatoms. The maximum absolute atomic E-state index is 11.6. The molecule has 3 heterocycles. The number of nitrogens with one attached hydrogen (secondary N) is 2. The van der Waals surface area contributed by atoms with Crippen molar-refractivity contribution in [1.29, 1.82) is 0 Å². The summed E-state index contributed by atoms with van der Waals surface area (Å²) < 4.78 is 5.65. The van der Waals surface area contributed by atoms with Crippen molar-refractivity contribution in [3.8, 4) is 10.7 Å². The number of benzene rings is 1. The molecular weight excluding hydrogens is 262 g/mol. The van der Waals surface area contributed by atoms with Crippen molar-refractivity contribution >= 4 is 33.6 Å². The van der Waals surface area contributed by atoms with Gasteiger partial charge in [-0.25, -0.2) is 14.2 Å². The maximum atomic E-state index is 11.6. The number of aromatic amines is 2. The number of nitrogens with zero attached hydrogens (tertiary/aromatic N) is 3. The molecule has 94 valence electrons. The van der Waals surface area contributed by atoms with Gasteiger partial charge in [-0.05, 0) is 29.7 Å². The first kappa shape index (κ1) is 10.5. The smallest absolute Gasteiger partial charge is 0.326 e. The lowest BCUT2D eigenvalue weighted by molar-refractivity contribution is 0.892. The highest BCUT2D eigenvalue weighted by Crippen LogP contribution is 2.25. The molecule has 0 spiro atoms. The minimum absolute atomic E-state index is 0.120. The Morgan fingerprint density at radius 3 is 2.95 bits per heavy atom. The first-order chi connectivity index (χ1) is 9.22. The molecule has 0 saturated heterocycles. The zero-order valence-electron chi connectivity index (χ0n) is 9.97. The average Bonchev–Trinajstić information content (AvgIpc) is 3.08. The van der Waals surface area contributed by atoms with Crippen molar-refractivity contribution in [2.75, 3.05) is 0 Å². The number of fused-ring (bicyclic) bond motifs is 2. The molecule has 4 aromatic rings. The van der Waals surface area contributed by atoms with Gasteiger partial charge in [-0.1, -0.05) is 0 Å². The molecule has 0 atom stereocenters. The molecule has 3 aromatic heterocycles. The van der Waals surface area contributed by atoms with Crippen LogP contribution in [0.3, 0.4) is 0 Å². The highest BCUT2D eigenvalue weighted by molar-refractivity contribution is 7.09. The molecule has 0 amide bonds. The molecule has 0 aliphatic rings. The van der Waals surface area contributed by atoms with Crippen molar-refractivity contribution in [1.82, 2.24) is 23.9 Å². The van der Waals surface area contributed by atoms with Crippen LogP contribution in [0.15, 0.2) is 29.2 Å². The van der Waals surface area contributed by atoms with Crippen LogP contribution in [-0.2, 0) is 7.05 Å². The Labute approximate surface area is 110 Å². The number of imidazole rings is 2. The van der Waals surface area contributed by atoms with E-state index in [2.05, 4.69) is 19.3 Å². The van der Waals surface area contributed by atoms with E-state index >= 15 is 0 Å². The van der Waals surface area contributed by atoms with Crippen molar-refractivity contribution in [2.45, 2.75) is 0 Å². The van der Waals surface area contributed by atoms with E-state index in [4.69, 9.17) is 0 Å². The summed E-state index contributed by atoms with van der Waals surface area (Å²) in [7, 11) is 1.74. The summed E-state index contributed by atoms with van der Waals surface area (Å²) in [6, 6.07) is 5.73. The quantitative estimate of drug-likeness (QED) is 0.554. The zero-order chi connectivity index (χ0) is 13.0. The molecule has 6 nitrogen and oxygen atoms in total. The molecule has 0 aliphatic carbocycles. The largest absolute Gasteiger partial charge is 0.337 e. The molecule has 0 unspecified atom stereocenters. The first-order valence-electron chi connectivity index (χ1n) is 5.72. The van der Waals surface area contributed by atoms with Gasteiger partial charge in [0.15, 0.2) is 0 Å². The van der Waals surface area contributed by atoms with Crippen molar-refractivity contribution < 1.29 is 0 Å². The van der Waals surface area contributed by atoms with E-state index < -0.39 is 0 Å². The van der Waals surface area contributed by atoms with E-state index in [1.54, 1.807) is 17.8 Å². The summed E-state index contributed by atoms with van der Waals surface area (Å²) in [5.41, 5.74) is 3.27. The topological polar surface area (TPSA) is 79.4 Å². The van der Waals surface area contributed by atoms with Crippen LogP contribution in [0.1, 0.15) is 0 Å². The van der Waals surface area contributed by atoms with Gasteiger partial charge in [-0.3, -0.25) is 4.57 Å². The molecule has 0 radical (unpaired) electrons. The van der Waals surface area contributed by atoms with Crippen LogP contribution in [-0.4, -0.2) is 23.9 Å². The number of rotatable bonds is 1. The Bertz CT molecular complexity index is 944. The second-order valence-electron chi connectivity index (χ2n) is 4.34. The molecule has 2 N–H and O–H groups in total. The number of hydrogen-bond acceptors (Lipinski definition) is 4. The Morgan fingerprint density at radius 2 is 2.16 bits per heavy atom. The number of H-pyrrole nitrogens is 2.